The summed E-state index contributed by atoms with van der Waals surface area (Å²) < 4.78 is 5.25. The first-order valence-corrected chi connectivity index (χ1v) is 6.07. The minimum absolute atomic E-state index is 0.711. The molecule has 0 fully saturated rings. The minimum Gasteiger partial charge on any atom is -0.481 e. The Hall–Kier alpha value is -1.35. The first-order valence-electron chi connectivity index (χ1n) is 5.19. The standard InChI is InChI=1S/C13H15NOS/c1-8-7-16-12(9(8)2)11-5-6-14-13(15-4)10(11)3/h5-7H,1-4H3. The van der Waals surface area contributed by atoms with Gasteiger partial charge in [-0.1, -0.05) is 0 Å². The molecule has 84 valence electrons. The van der Waals surface area contributed by atoms with Gasteiger partial charge in [0, 0.05) is 22.2 Å². The van der Waals surface area contributed by atoms with Gasteiger partial charge in [0.15, 0.2) is 0 Å². The van der Waals surface area contributed by atoms with E-state index in [4.69, 9.17) is 4.74 Å². The number of hydrogen-bond donors (Lipinski definition) is 0. The Labute approximate surface area is 99.9 Å². The summed E-state index contributed by atoms with van der Waals surface area (Å²) in [5.74, 6) is 0.711. The Kier molecular flexibility index (Phi) is 2.97. The quantitative estimate of drug-likeness (QED) is 0.788. The zero-order valence-electron chi connectivity index (χ0n) is 10.00. The molecule has 2 heterocycles. The number of hydrogen-bond acceptors (Lipinski definition) is 3. The lowest BCUT2D eigenvalue weighted by molar-refractivity contribution is 0.395. The normalized spacial score (nSPS) is 10.5. The van der Waals surface area contributed by atoms with E-state index in [0.717, 1.165) is 5.56 Å². The predicted molar refractivity (Wildman–Crippen MR) is 68.3 cm³/mol. The van der Waals surface area contributed by atoms with Crippen molar-refractivity contribution in [2.75, 3.05) is 7.11 Å². The summed E-state index contributed by atoms with van der Waals surface area (Å²) >= 11 is 1.78. The molecule has 0 aromatic carbocycles. The molecule has 2 rings (SSSR count). The second-order valence-electron chi connectivity index (χ2n) is 3.87. The lowest BCUT2D eigenvalue weighted by Crippen LogP contribution is -1.93. The summed E-state index contributed by atoms with van der Waals surface area (Å²) in [6.45, 7) is 6.35. The zero-order chi connectivity index (χ0) is 11.7. The Bertz CT molecular complexity index is 517. The number of ether oxygens (including phenoxy) is 1. The summed E-state index contributed by atoms with van der Waals surface area (Å²) in [6, 6.07) is 2.05. The molecular weight excluding hydrogens is 218 g/mol. The highest BCUT2D eigenvalue weighted by Gasteiger charge is 2.12. The lowest BCUT2D eigenvalue weighted by Gasteiger charge is -2.08. The van der Waals surface area contributed by atoms with Crippen LogP contribution in [0, 0.1) is 20.8 Å². The van der Waals surface area contributed by atoms with E-state index in [0.29, 0.717) is 5.88 Å². The van der Waals surface area contributed by atoms with Crippen molar-refractivity contribution in [1.82, 2.24) is 4.98 Å². The summed E-state index contributed by atoms with van der Waals surface area (Å²) in [4.78, 5) is 5.52. The molecule has 0 bridgehead atoms. The molecule has 0 saturated carbocycles. The van der Waals surface area contributed by atoms with Gasteiger partial charge >= 0.3 is 0 Å². The first-order chi connectivity index (χ1) is 7.65. The van der Waals surface area contributed by atoms with Gasteiger partial charge in [0.05, 0.1) is 7.11 Å². The molecule has 2 aromatic heterocycles. The first kappa shape index (κ1) is 11.1. The van der Waals surface area contributed by atoms with Crippen molar-refractivity contribution in [2.24, 2.45) is 0 Å². The number of pyridine rings is 1. The van der Waals surface area contributed by atoms with E-state index in [-0.39, 0.29) is 0 Å². The molecule has 0 amide bonds. The van der Waals surface area contributed by atoms with Crippen LogP contribution in [0.15, 0.2) is 17.6 Å². The number of thiophene rings is 1. The van der Waals surface area contributed by atoms with Gasteiger partial charge in [-0.05, 0) is 43.3 Å². The molecule has 0 N–H and O–H groups in total. The maximum absolute atomic E-state index is 5.25. The van der Waals surface area contributed by atoms with Crippen LogP contribution < -0.4 is 4.74 Å². The van der Waals surface area contributed by atoms with Crippen LogP contribution in [0.4, 0.5) is 0 Å². The largest absolute Gasteiger partial charge is 0.481 e. The summed E-state index contributed by atoms with van der Waals surface area (Å²) in [6.07, 6.45) is 1.80. The topological polar surface area (TPSA) is 22.1 Å². The van der Waals surface area contributed by atoms with Gasteiger partial charge in [-0.3, -0.25) is 0 Å². The third kappa shape index (κ3) is 1.71. The summed E-state index contributed by atoms with van der Waals surface area (Å²) in [5, 5.41) is 2.19. The molecule has 2 nitrogen and oxygen atoms in total. The molecule has 0 aliphatic heterocycles. The van der Waals surface area contributed by atoms with E-state index in [1.54, 1.807) is 24.6 Å². The molecule has 3 heteroatoms. The van der Waals surface area contributed by atoms with Gasteiger partial charge in [0.25, 0.3) is 0 Å². The molecule has 0 radical (unpaired) electrons. The Morgan fingerprint density at radius 2 is 1.94 bits per heavy atom. The maximum atomic E-state index is 5.25. The Morgan fingerprint density at radius 3 is 2.50 bits per heavy atom. The van der Waals surface area contributed by atoms with Crippen LogP contribution in [0.2, 0.25) is 0 Å². The van der Waals surface area contributed by atoms with Crippen molar-refractivity contribution in [3.63, 3.8) is 0 Å². The number of aromatic nitrogens is 1. The van der Waals surface area contributed by atoms with E-state index < -0.39 is 0 Å². The van der Waals surface area contributed by atoms with Crippen LogP contribution in [-0.2, 0) is 0 Å². The maximum Gasteiger partial charge on any atom is 0.216 e. The van der Waals surface area contributed by atoms with E-state index in [2.05, 4.69) is 37.2 Å². The summed E-state index contributed by atoms with van der Waals surface area (Å²) in [7, 11) is 1.66. The van der Waals surface area contributed by atoms with E-state index in [1.807, 2.05) is 0 Å². The van der Waals surface area contributed by atoms with Crippen LogP contribution in [-0.4, -0.2) is 12.1 Å². The Morgan fingerprint density at radius 1 is 1.19 bits per heavy atom. The smallest absolute Gasteiger partial charge is 0.216 e. The Balaban J connectivity index is 2.60. The number of nitrogens with zero attached hydrogens (tertiary/aromatic N) is 1. The van der Waals surface area contributed by atoms with Crippen molar-refractivity contribution in [3.8, 4) is 16.3 Å². The van der Waals surface area contributed by atoms with Crippen LogP contribution in [0.25, 0.3) is 10.4 Å². The second-order valence-corrected chi connectivity index (χ2v) is 4.75. The average molecular weight is 233 g/mol. The number of rotatable bonds is 2. The molecule has 0 aliphatic rings. The highest BCUT2D eigenvalue weighted by molar-refractivity contribution is 7.14. The van der Waals surface area contributed by atoms with Gasteiger partial charge in [0.1, 0.15) is 0 Å². The van der Waals surface area contributed by atoms with E-state index in [9.17, 15) is 0 Å². The van der Waals surface area contributed by atoms with E-state index >= 15 is 0 Å². The SMILES string of the molecule is COc1nccc(-c2scc(C)c2C)c1C. The molecule has 0 aliphatic carbocycles. The number of aryl methyl sites for hydroxylation is 1. The highest BCUT2D eigenvalue weighted by Crippen LogP contribution is 2.35. The second kappa shape index (κ2) is 4.26. The molecule has 0 atom stereocenters. The minimum atomic E-state index is 0.711. The van der Waals surface area contributed by atoms with Crippen molar-refractivity contribution in [2.45, 2.75) is 20.8 Å². The fourth-order valence-electron chi connectivity index (χ4n) is 1.74. The molecule has 0 unspecified atom stereocenters. The molecule has 16 heavy (non-hydrogen) atoms. The van der Waals surface area contributed by atoms with E-state index in [1.165, 1.54) is 21.6 Å². The third-order valence-electron chi connectivity index (χ3n) is 2.88. The van der Waals surface area contributed by atoms with Gasteiger partial charge < -0.3 is 4.74 Å². The zero-order valence-corrected chi connectivity index (χ0v) is 10.8. The van der Waals surface area contributed by atoms with Gasteiger partial charge in [-0.25, -0.2) is 4.98 Å². The van der Waals surface area contributed by atoms with Crippen LogP contribution in [0.3, 0.4) is 0 Å². The highest BCUT2D eigenvalue weighted by atomic mass is 32.1. The van der Waals surface area contributed by atoms with Gasteiger partial charge in [-0.2, -0.15) is 0 Å². The van der Waals surface area contributed by atoms with Crippen molar-refractivity contribution in [3.05, 3.63) is 34.3 Å². The molecule has 0 spiro atoms. The van der Waals surface area contributed by atoms with Gasteiger partial charge in [0.2, 0.25) is 5.88 Å². The predicted octanol–water partition coefficient (Wildman–Crippen LogP) is 3.74. The fourth-order valence-corrected chi connectivity index (χ4v) is 2.89. The molecule has 2 aromatic rings. The molecular formula is C13H15NOS. The van der Waals surface area contributed by atoms with Crippen molar-refractivity contribution >= 4 is 11.3 Å². The number of methoxy groups -OCH3 is 1. The van der Waals surface area contributed by atoms with Crippen LogP contribution >= 0.6 is 11.3 Å². The van der Waals surface area contributed by atoms with Crippen LogP contribution in [0.5, 0.6) is 5.88 Å². The third-order valence-corrected chi connectivity index (χ3v) is 4.11. The van der Waals surface area contributed by atoms with Gasteiger partial charge in [-0.15, -0.1) is 11.3 Å². The lowest BCUT2D eigenvalue weighted by atomic mass is 10.1. The van der Waals surface area contributed by atoms with Crippen LogP contribution in [0.1, 0.15) is 16.7 Å². The van der Waals surface area contributed by atoms with Crippen molar-refractivity contribution in [1.29, 1.82) is 0 Å². The average Bonchev–Trinajstić information content (AvgIpc) is 2.61. The molecule has 0 saturated heterocycles. The fraction of sp³-hybridized carbons (Fsp3) is 0.308. The monoisotopic (exact) mass is 233 g/mol. The summed E-state index contributed by atoms with van der Waals surface area (Å²) in [5.41, 5.74) is 5.02. The van der Waals surface area contributed by atoms with Crippen molar-refractivity contribution < 1.29 is 4.74 Å².